The molecule has 0 unspecified atom stereocenters. The number of carbonyl (C=O) groups is 1. The Bertz CT molecular complexity index is 547. The Morgan fingerprint density at radius 3 is 2.68 bits per heavy atom. The first-order valence-corrected chi connectivity index (χ1v) is 8.38. The van der Waals surface area contributed by atoms with Crippen LogP contribution in [0, 0.1) is 5.41 Å². The van der Waals surface area contributed by atoms with Crippen LogP contribution in [-0.2, 0) is 10.2 Å². The highest BCUT2D eigenvalue weighted by Crippen LogP contribution is 2.47. The molecule has 2 saturated heterocycles. The van der Waals surface area contributed by atoms with Gasteiger partial charge in [-0.1, -0.05) is 30.3 Å². The summed E-state index contributed by atoms with van der Waals surface area (Å²) < 4.78 is 5.53. The molecule has 1 spiro atoms. The number of benzene rings is 1. The molecular formula is C18H24N2O2. The van der Waals surface area contributed by atoms with Gasteiger partial charge in [-0.25, -0.2) is 4.79 Å². The zero-order valence-electron chi connectivity index (χ0n) is 13.0. The number of hydrogen-bond acceptors (Lipinski definition) is 2. The minimum Gasteiger partial charge on any atom is -0.381 e. The number of ether oxygens (including phenoxy) is 1. The third kappa shape index (κ3) is 2.50. The highest BCUT2D eigenvalue weighted by molar-refractivity contribution is 5.74. The first-order valence-electron chi connectivity index (χ1n) is 8.38. The molecular weight excluding hydrogens is 276 g/mol. The molecule has 1 saturated carbocycles. The second kappa shape index (κ2) is 5.27. The summed E-state index contributed by atoms with van der Waals surface area (Å²) in [6, 6.07) is 10.7. The van der Waals surface area contributed by atoms with E-state index >= 15 is 0 Å². The van der Waals surface area contributed by atoms with Gasteiger partial charge in [-0.05, 0) is 31.2 Å². The summed E-state index contributed by atoms with van der Waals surface area (Å²) in [6.45, 7) is 4.16. The minimum atomic E-state index is 0.103. The molecule has 0 radical (unpaired) electrons. The molecule has 0 bridgehead atoms. The molecule has 1 atom stereocenters. The van der Waals surface area contributed by atoms with Crippen molar-refractivity contribution in [1.82, 2.24) is 10.2 Å². The van der Waals surface area contributed by atoms with E-state index in [9.17, 15) is 4.79 Å². The van der Waals surface area contributed by atoms with E-state index in [0.717, 1.165) is 45.7 Å². The van der Waals surface area contributed by atoms with Crippen molar-refractivity contribution in [1.29, 1.82) is 0 Å². The van der Waals surface area contributed by atoms with Crippen molar-refractivity contribution in [3.8, 4) is 0 Å². The summed E-state index contributed by atoms with van der Waals surface area (Å²) in [5.74, 6) is 0. The van der Waals surface area contributed by atoms with Gasteiger partial charge in [-0.15, -0.1) is 0 Å². The first-order chi connectivity index (χ1) is 10.7. The van der Waals surface area contributed by atoms with E-state index in [2.05, 4.69) is 29.6 Å². The second-order valence-electron chi connectivity index (χ2n) is 7.28. The van der Waals surface area contributed by atoms with Gasteiger partial charge in [-0.2, -0.15) is 0 Å². The first kappa shape index (κ1) is 14.1. The second-order valence-corrected chi connectivity index (χ2v) is 7.28. The Balaban J connectivity index is 1.34. The monoisotopic (exact) mass is 300 g/mol. The van der Waals surface area contributed by atoms with Crippen LogP contribution in [0.25, 0.3) is 0 Å². The van der Waals surface area contributed by atoms with E-state index in [1.165, 1.54) is 18.4 Å². The van der Waals surface area contributed by atoms with Gasteiger partial charge < -0.3 is 15.0 Å². The molecule has 3 fully saturated rings. The van der Waals surface area contributed by atoms with E-state index in [1.54, 1.807) is 0 Å². The Kier molecular flexibility index (Phi) is 3.37. The predicted octanol–water partition coefficient (Wildman–Crippen LogP) is 2.54. The lowest BCUT2D eigenvalue weighted by molar-refractivity contribution is 0.152. The quantitative estimate of drug-likeness (QED) is 0.932. The highest BCUT2D eigenvalue weighted by Gasteiger charge is 2.46. The Morgan fingerprint density at radius 2 is 2.00 bits per heavy atom. The summed E-state index contributed by atoms with van der Waals surface area (Å²) in [6.07, 6.45) is 4.54. The van der Waals surface area contributed by atoms with E-state index in [4.69, 9.17) is 4.74 Å². The van der Waals surface area contributed by atoms with Crippen LogP contribution in [0.2, 0.25) is 0 Å². The van der Waals surface area contributed by atoms with Crippen molar-refractivity contribution in [2.45, 2.75) is 31.1 Å². The molecule has 118 valence electrons. The maximum Gasteiger partial charge on any atom is 0.317 e. The van der Waals surface area contributed by atoms with Crippen LogP contribution in [0.15, 0.2) is 30.3 Å². The lowest BCUT2D eigenvalue weighted by Crippen LogP contribution is -2.42. The Labute approximate surface area is 131 Å². The number of likely N-dealkylation sites (tertiary alicyclic amines) is 1. The molecule has 0 aromatic heterocycles. The average molecular weight is 300 g/mol. The number of amides is 2. The van der Waals surface area contributed by atoms with E-state index in [1.807, 2.05) is 11.0 Å². The Morgan fingerprint density at radius 1 is 1.18 bits per heavy atom. The molecule has 1 aromatic rings. The maximum absolute atomic E-state index is 12.5. The molecule has 22 heavy (non-hydrogen) atoms. The van der Waals surface area contributed by atoms with Gasteiger partial charge in [-0.3, -0.25) is 0 Å². The molecule has 1 aromatic carbocycles. The topological polar surface area (TPSA) is 41.6 Å². The number of hydrogen-bond donors (Lipinski definition) is 1. The van der Waals surface area contributed by atoms with Crippen molar-refractivity contribution < 1.29 is 9.53 Å². The number of nitrogens with zero attached hydrogens (tertiary/aromatic N) is 1. The van der Waals surface area contributed by atoms with Gasteiger partial charge in [0.15, 0.2) is 0 Å². The largest absolute Gasteiger partial charge is 0.381 e. The van der Waals surface area contributed by atoms with E-state index in [-0.39, 0.29) is 16.9 Å². The fourth-order valence-corrected chi connectivity index (χ4v) is 3.95. The van der Waals surface area contributed by atoms with Crippen molar-refractivity contribution in [3.63, 3.8) is 0 Å². The Hall–Kier alpha value is -1.55. The van der Waals surface area contributed by atoms with Gasteiger partial charge in [0.2, 0.25) is 0 Å². The van der Waals surface area contributed by atoms with Crippen LogP contribution in [-0.4, -0.2) is 43.8 Å². The van der Waals surface area contributed by atoms with Crippen molar-refractivity contribution in [2.24, 2.45) is 5.41 Å². The number of urea groups is 1. The zero-order chi connectivity index (χ0) is 15.0. The van der Waals surface area contributed by atoms with Gasteiger partial charge in [0.25, 0.3) is 0 Å². The summed E-state index contributed by atoms with van der Waals surface area (Å²) in [7, 11) is 0. The molecule has 4 nitrogen and oxygen atoms in total. The van der Waals surface area contributed by atoms with Crippen molar-refractivity contribution >= 4 is 6.03 Å². The molecule has 2 amide bonds. The number of rotatable bonds is 3. The van der Waals surface area contributed by atoms with Crippen LogP contribution in [0.5, 0.6) is 0 Å². The highest BCUT2D eigenvalue weighted by atomic mass is 16.5. The summed E-state index contributed by atoms with van der Waals surface area (Å²) in [5, 5.41) is 3.18. The molecule has 2 aliphatic heterocycles. The van der Waals surface area contributed by atoms with E-state index < -0.39 is 0 Å². The van der Waals surface area contributed by atoms with Crippen LogP contribution in [0.3, 0.4) is 0 Å². The summed E-state index contributed by atoms with van der Waals surface area (Å²) >= 11 is 0. The van der Waals surface area contributed by atoms with Gasteiger partial charge in [0.05, 0.1) is 6.61 Å². The molecule has 3 aliphatic rings. The fourth-order valence-electron chi connectivity index (χ4n) is 3.95. The van der Waals surface area contributed by atoms with Gasteiger partial charge >= 0.3 is 6.03 Å². The lowest BCUT2D eigenvalue weighted by Gasteiger charge is -2.23. The average Bonchev–Trinajstić information content (AvgIpc) is 3.02. The van der Waals surface area contributed by atoms with Crippen LogP contribution < -0.4 is 5.32 Å². The molecule has 1 aliphatic carbocycles. The third-order valence-corrected chi connectivity index (χ3v) is 5.73. The fraction of sp³-hybridized carbons (Fsp3) is 0.611. The lowest BCUT2D eigenvalue weighted by atomic mass is 9.87. The summed E-state index contributed by atoms with van der Waals surface area (Å²) in [5.41, 5.74) is 1.79. The SMILES string of the molecule is O=C(NCC1(c2ccccc2)CC1)N1CC[C@@]2(CCOC2)C1. The number of carbonyl (C=O) groups excluding carboxylic acids is 1. The molecule has 4 rings (SSSR count). The minimum absolute atomic E-state index is 0.103. The van der Waals surface area contributed by atoms with Crippen LogP contribution in [0.4, 0.5) is 4.79 Å². The molecule has 4 heteroatoms. The van der Waals surface area contributed by atoms with Crippen molar-refractivity contribution in [3.05, 3.63) is 35.9 Å². The molecule has 2 heterocycles. The molecule has 1 N–H and O–H groups in total. The standard InChI is InChI=1S/C18H24N2O2/c21-16(20-10-8-17(13-20)9-11-22-14-17)19-12-18(6-7-18)15-4-2-1-3-5-15/h1-5H,6-14H2,(H,19,21)/t17-/m1/s1. The van der Waals surface area contributed by atoms with Crippen LogP contribution >= 0.6 is 0 Å². The van der Waals surface area contributed by atoms with Crippen molar-refractivity contribution in [2.75, 3.05) is 32.8 Å². The number of nitrogens with one attached hydrogen (secondary N) is 1. The van der Waals surface area contributed by atoms with Crippen LogP contribution in [0.1, 0.15) is 31.2 Å². The predicted molar refractivity (Wildman–Crippen MR) is 84.8 cm³/mol. The van der Waals surface area contributed by atoms with Gasteiger partial charge in [0.1, 0.15) is 0 Å². The van der Waals surface area contributed by atoms with Gasteiger partial charge in [0, 0.05) is 37.1 Å². The smallest absolute Gasteiger partial charge is 0.317 e. The van der Waals surface area contributed by atoms with E-state index in [0.29, 0.717) is 0 Å². The maximum atomic E-state index is 12.5. The third-order valence-electron chi connectivity index (χ3n) is 5.73. The zero-order valence-corrected chi connectivity index (χ0v) is 13.0. The normalized spacial score (nSPS) is 29.0. The summed E-state index contributed by atoms with van der Waals surface area (Å²) in [4.78, 5) is 14.4.